The van der Waals surface area contributed by atoms with Gasteiger partial charge in [0.2, 0.25) is 0 Å². The Hall–Kier alpha value is -3.03. The van der Waals surface area contributed by atoms with Crippen molar-refractivity contribution >= 4 is 22.9 Å². The molecular weight excluding hydrogens is 246 g/mol. The van der Waals surface area contributed by atoms with Gasteiger partial charge in [-0.2, -0.15) is 0 Å². The van der Waals surface area contributed by atoms with Crippen molar-refractivity contribution in [3.05, 3.63) is 42.7 Å². The van der Waals surface area contributed by atoms with Crippen molar-refractivity contribution in [2.45, 2.75) is 0 Å². The van der Waals surface area contributed by atoms with Gasteiger partial charge in [-0.3, -0.25) is 15.2 Å². The summed E-state index contributed by atoms with van der Waals surface area (Å²) in [5, 5.41) is 0. The number of nitrogens with zero attached hydrogens (tertiary/aromatic N) is 5. The number of carbonyl (C=O) groups is 1. The lowest BCUT2D eigenvalue weighted by Gasteiger charge is -2.05. The van der Waals surface area contributed by atoms with Gasteiger partial charge < -0.3 is 5.73 Å². The van der Waals surface area contributed by atoms with Crippen molar-refractivity contribution in [3.8, 4) is 0 Å². The van der Waals surface area contributed by atoms with Gasteiger partial charge in [0.1, 0.15) is 12.7 Å². The van der Waals surface area contributed by atoms with Crippen LogP contribution in [0.15, 0.2) is 37.2 Å². The van der Waals surface area contributed by atoms with E-state index in [1.54, 1.807) is 18.3 Å². The van der Waals surface area contributed by atoms with Crippen molar-refractivity contribution in [2.24, 2.45) is 0 Å². The standard InChI is InChI=1S/C11H9N7O/c12-9-8-10(15-5-14-9)18(6-16-8)17-11(19)7-2-1-3-13-4-7/h1-6H,(H,17,19)(H2,12,14,15). The Bertz CT molecular complexity index is 737. The van der Waals surface area contributed by atoms with Gasteiger partial charge >= 0.3 is 0 Å². The fourth-order valence-corrected chi connectivity index (χ4v) is 1.61. The Kier molecular flexibility index (Phi) is 2.53. The lowest BCUT2D eigenvalue weighted by molar-refractivity contribution is 0.101. The van der Waals surface area contributed by atoms with Crippen LogP contribution in [0, 0.1) is 0 Å². The molecule has 0 fully saturated rings. The van der Waals surface area contributed by atoms with E-state index in [0.29, 0.717) is 16.7 Å². The molecule has 0 aliphatic carbocycles. The summed E-state index contributed by atoms with van der Waals surface area (Å²) in [6.45, 7) is 0. The lowest BCUT2D eigenvalue weighted by atomic mass is 10.3. The number of aromatic nitrogens is 5. The zero-order valence-corrected chi connectivity index (χ0v) is 9.69. The van der Waals surface area contributed by atoms with Crippen LogP contribution < -0.4 is 11.2 Å². The van der Waals surface area contributed by atoms with Crippen LogP contribution in [0.2, 0.25) is 0 Å². The first-order chi connectivity index (χ1) is 9.25. The molecule has 8 nitrogen and oxygen atoms in total. The minimum Gasteiger partial charge on any atom is -0.382 e. The summed E-state index contributed by atoms with van der Waals surface area (Å²) in [6, 6.07) is 3.34. The smallest absolute Gasteiger partial charge is 0.271 e. The number of anilines is 1. The Morgan fingerprint density at radius 2 is 2.21 bits per heavy atom. The predicted octanol–water partition coefficient (Wildman–Crippen LogP) is 0.187. The summed E-state index contributed by atoms with van der Waals surface area (Å²) >= 11 is 0. The third kappa shape index (κ3) is 1.95. The van der Waals surface area contributed by atoms with Gasteiger partial charge in [0.15, 0.2) is 17.0 Å². The summed E-state index contributed by atoms with van der Waals surface area (Å²) in [5.41, 5.74) is 9.61. The van der Waals surface area contributed by atoms with E-state index in [0.717, 1.165) is 0 Å². The Morgan fingerprint density at radius 3 is 3.00 bits per heavy atom. The summed E-state index contributed by atoms with van der Waals surface area (Å²) in [4.78, 5) is 27.7. The molecule has 3 heterocycles. The van der Waals surface area contributed by atoms with Gasteiger partial charge in [-0.25, -0.2) is 19.6 Å². The average molecular weight is 255 g/mol. The molecule has 0 aromatic carbocycles. The van der Waals surface area contributed by atoms with Crippen LogP contribution in [-0.2, 0) is 0 Å². The van der Waals surface area contributed by atoms with Crippen molar-refractivity contribution in [3.63, 3.8) is 0 Å². The lowest BCUT2D eigenvalue weighted by Crippen LogP contribution is -2.22. The van der Waals surface area contributed by atoms with Crippen LogP contribution in [0.4, 0.5) is 5.82 Å². The molecular formula is C11H9N7O. The zero-order chi connectivity index (χ0) is 13.2. The van der Waals surface area contributed by atoms with E-state index in [4.69, 9.17) is 5.73 Å². The van der Waals surface area contributed by atoms with Crippen LogP contribution in [0.3, 0.4) is 0 Å². The minimum atomic E-state index is -0.315. The number of imidazole rings is 1. The van der Waals surface area contributed by atoms with Gasteiger partial charge in [0.25, 0.3) is 5.91 Å². The number of nitrogens with one attached hydrogen (secondary N) is 1. The molecule has 0 aliphatic rings. The van der Waals surface area contributed by atoms with Crippen molar-refractivity contribution < 1.29 is 4.79 Å². The quantitative estimate of drug-likeness (QED) is 0.676. The van der Waals surface area contributed by atoms with Crippen LogP contribution >= 0.6 is 0 Å². The fraction of sp³-hybridized carbons (Fsp3) is 0. The second kappa shape index (κ2) is 4.33. The monoisotopic (exact) mass is 255 g/mol. The number of nitrogen functional groups attached to an aromatic ring is 1. The van der Waals surface area contributed by atoms with Crippen LogP contribution in [0.25, 0.3) is 11.2 Å². The highest BCUT2D eigenvalue weighted by atomic mass is 16.2. The maximum Gasteiger partial charge on any atom is 0.271 e. The summed E-state index contributed by atoms with van der Waals surface area (Å²) in [7, 11) is 0. The molecule has 1 amide bonds. The topological polar surface area (TPSA) is 112 Å². The first-order valence-corrected chi connectivity index (χ1v) is 5.40. The van der Waals surface area contributed by atoms with E-state index in [1.165, 1.54) is 23.5 Å². The van der Waals surface area contributed by atoms with Crippen LogP contribution in [0.1, 0.15) is 10.4 Å². The Labute approximate surface area is 107 Å². The molecule has 3 aromatic rings. The number of nitrogens with two attached hydrogens (primary N) is 1. The van der Waals surface area contributed by atoms with Gasteiger partial charge in [-0.15, -0.1) is 0 Å². The highest BCUT2D eigenvalue weighted by Crippen LogP contribution is 2.12. The normalized spacial score (nSPS) is 10.5. The van der Waals surface area contributed by atoms with E-state index < -0.39 is 0 Å². The zero-order valence-electron chi connectivity index (χ0n) is 9.69. The number of carbonyl (C=O) groups excluding carboxylic acids is 1. The van der Waals surface area contributed by atoms with Crippen molar-refractivity contribution in [1.29, 1.82) is 0 Å². The van der Waals surface area contributed by atoms with Gasteiger partial charge in [0, 0.05) is 12.4 Å². The molecule has 0 radical (unpaired) electrons. The largest absolute Gasteiger partial charge is 0.382 e. The molecule has 0 aliphatic heterocycles. The van der Waals surface area contributed by atoms with Gasteiger partial charge in [0.05, 0.1) is 5.56 Å². The number of hydrogen-bond donors (Lipinski definition) is 2. The van der Waals surface area contributed by atoms with E-state index in [9.17, 15) is 4.79 Å². The number of rotatable bonds is 2. The van der Waals surface area contributed by atoms with E-state index in [-0.39, 0.29) is 11.7 Å². The van der Waals surface area contributed by atoms with Crippen LogP contribution in [0.5, 0.6) is 0 Å². The summed E-state index contributed by atoms with van der Waals surface area (Å²) in [5.74, 6) is -0.0519. The molecule has 3 aromatic heterocycles. The SMILES string of the molecule is Nc1ncnc2c1ncn2NC(=O)c1cccnc1. The molecule has 0 spiro atoms. The van der Waals surface area contributed by atoms with Gasteiger partial charge in [-0.05, 0) is 12.1 Å². The van der Waals surface area contributed by atoms with Gasteiger partial charge in [-0.1, -0.05) is 0 Å². The first kappa shape index (κ1) is 11.1. The fourth-order valence-electron chi connectivity index (χ4n) is 1.61. The number of hydrogen-bond acceptors (Lipinski definition) is 6. The number of fused-ring (bicyclic) bond motifs is 1. The molecule has 0 unspecified atom stereocenters. The third-order valence-electron chi connectivity index (χ3n) is 2.51. The highest BCUT2D eigenvalue weighted by molar-refractivity contribution is 6.00. The second-order valence-corrected chi connectivity index (χ2v) is 3.73. The summed E-state index contributed by atoms with van der Waals surface area (Å²) in [6.07, 6.45) is 5.80. The van der Waals surface area contributed by atoms with Crippen molar-refractivity contribution in [2.75, 3.05) is 11.2 Å². The molecule has 0 bridgehead atoms. The first-order valence-electron chi connectivity index (χ1n) is 5.40. The Morgan fingerprint density at radius 1 is 1.32 bits per heavy atom. The predicted molar refractivity (Wildman–Crippen MR) is 67.7 cm³/mol. The number of pyridine rings is 1. The van der Waals surface area contributed by atoms with Crippen molar-refractivity contribution in [1.82, 2.24) is 24.6 Å². The average Bonchev–Trinajstić information content (AvgIpc) is 2.84. The third-order valence-corrected chi connectivity index (χ3v) is 2.51. The maximum absolute atomic E-state index is 12.0. The maximum atomic E-state index is 12.0. The second-order valence-electron chi connectivity index (χ2n) is 3.73. The van der Waals surface area contributed by atoms with Crippen LogP contribution in [-0.4, -0.2) is 30.5 Å². The summed E-state index contributed by atoms with van der Waals surface area (Å²) < 4.78 is 1.39. The molecule has 8 heteroatoms. The number of amides is 1. The Balaban J connectivity index is 1.94. The molecule has 0 atom stereocenters. The molecule has 3 rings (SSSR count). The van der Waals surface area contributed by atoms with E-state index >= 15 is 0 Å². The molecule has 94 valence electrons. The van der Waals surface area contributed by atoms with E-state index in [2.05, 4.69) is 25.4 Å². The molecule has 19 heavy (non-hydrogen) atoms. The molecule has 0 saturated carbocycles. The highest BCUT2D eigenvalue weighted by Gasteiger charge is 2.11. The molecule has 0 saturated heterocycles. The van der Waals surface area contributed by atoms with E-state index in [1.807, 2.05) is 0 Å². The molecule has 3 N–H and O–H groups in total. The minimum absolute atomic E-state index is 0.263.